The minimum Gasteiger partial charge on any atom is -0.230 e. The first kappa shape index (κ1) is 17.6. The Kier molecular flexibility index (Phi) is 4.71. The van der Waals surface area contributed by atoms with Gasteiger partial charge < -0.3 is 0 Å². The van der Waals surface area contributed by atoms with Crippen molar-refractivity contribution in [3.05, 3.63) is 27.3 Å². The van der Waals surface area contributed by atoms with Crippen LogP contribution in [0.4, 0.5) is 0 Å². The molecule has 6 heteroatoms. The first-order valence-electron chi connectivity index (χ1n) is 6.23. The van der Waals surface area contributed by atoms with Crippen LogP contribution < -0.4 is 0 Å². The van der Waals surface area contributed by atoms with E-state index in [9.17, 15) is 14.6 Å². The Morgan fingerprint density at radius 3 is 1.80 bits per heavy atom. The Labute approximate surface area is 128 Å². The van der Waals surface area contributed by atoms with Gasteiger partial charge in [0.1, 0.15) is 0 Å². The number of halogens is 1. The van der Waals surface area contributed by atoms with Crippen molar-refractivity contribution in [3.63, 3.8) is 0 Å². The molecule has 0 bridgehead atoms. The molecule has 1 aromatic rings. The molecule has 0 amide bonds. The van der Waals surface area contributed by atoms with Crippen LogP contribution in [0.25, 0.3) is 0 Å². The highest BCUT2D eigenvalue weighted by molar-refractivity contribution is 14.2. The van der Waals surface area contributed by atoms with E-state index in [0.717, 1.165) is 5.56 Å². The maximum Gasteiger partial charge on any atom is 0.342 e. The second kappa shape index (κ2) is 5.36. The molecule has 0 unspecified atom stereocenters. The van der Waals surface area contributed by atoms with Crippen molar-refractivity contribution in [2.45, 2.75) is 56.6 Å². The third-order valence-corrected chi connectivity index (χ3v) is 7.81. The Bertz CT molecular complexity index is 679. The van der Waals surface area contributed by atoms with E-state index in [-0.39, 0.29) is 13.9 Å². The first-order valence-corrected chi connectivity index (χ1v) is 10.6. The van der Waals surface area contributed by atoms with Gasteiger partial charge in [0, 0.05) is 0 Å². The molecule has 0 saturated heterocycles. The average Bonchev–Trinajstić information content (AvgIpc) is 2.25. The van der Waals surface area contributed by atoms with Gasteiger partial charge in [0.2, 0.25) is 0 Å². The Balaban J connectivity index is 3.68. The van der Waals surface area contributed by atoms with Crippen molar-refractivity contribution in [1.29, 1.82) is 0 Å². The van der Waals surface area contributed by atoms with Gasteiger partial charge in [-0.1, -0.05) is 26.8 Å². The lowest BCUT2D eigenvalue weighted by Gasteiger charge is -2.23. The van der Waals surface area contributed by atoms with Crippen LogP contribution in [0.3, 0.4) is 0 Å². The van der Waals surface area contributed by atoms with Crippen molar-refractivity contribution in [1.82, 2.24) is 0 Å². The van der Waals surface area contributed by atoms with Gasteiger partial charge in [-0.05, 0) is 43.9 Å². The van der Waals surface area contributed by atoms with Gasteiger partial charge in [-0.3, -0.25) is 0 Å². The van der Waals surface area contributed by atoms with Crippen LogP contribution in [0.15, 0.2) is 23.1 Å². The van der Waals surface area contributed by atoms with Gasteiger partial charge in [0.25, 0.3) is 0 Å². The fourth-order valence-corrected chi connectivity index (χ4v) is 5.35. The van der Waals surface area contributed by atoms with E-state index in [1.807, 2.05) is 20.8 Å². The summed E-state index contributed by atoms with van der Waals surface area (Å²) in [6, 6.07) is 4.63. The van der Waals surface area contributed by atoms with E-state index in [1.165, 1.54) is 12.1 Å². The van der Waals surface area contributed by atoms with Crippen LogP contribution in [0.2, 0.25) is 0 Å². The van der Waals surface area contributed by atoms with Gasteiger partial charge in [0.15, 0.2) is 9.84 Å². The molecule has 4 nitrogen and oxygen atoms in total. The Hall–Kier alpha value is -0.500. The number of hydrogen-bond donors (Lipinski definition) is 0. The van der Waals surface area contributed by atoms with Crippen LogP contribution in [-0.4, -0.2) is 13.2 Å². The van der Waals surface area contributed by atoms with Crippen molar-refractivity contribution < 1.29 is 14.6 Å². The predicted octanol–water partition coefficient (Wildman–Crippen LogP) is 3.92. The molecule has 1 rings (SSSR count). The van der Waals surface area contributed by atoms with E-state index >= 15 is 0 Å². The second-order valence-electron chi connectivity index (χ2n) is 6.73. The highest BCUT2D eigenvalue weighted by atomic mass is 127. The summed E-state index contributed by atoms with van der Waals surface area (Å²) in [5.74, 6) is 0. The third kappa shape index (κ3) is 3.39. The van der Waals surface area contributed by atoms with Crippen molar-refractivity contribution in [2.24, 2.45) is 0 Å². The molecule has 0 atom stereocenters. The molecule has 114 valence electrons. The van der Waals surface area contributed by atoms with Crippen molar-refractivity contribution in [2.75, 3.05) is 0 Å². The van der Waals surface area contributed by atoms with Crippen molar-refractivity contribution >= 4 is 29.6 Å². The topological polar surface area (TPSA) is 68.3 Å². The lowest BCUT2D eigenvalue weighted by molar-refractivity contribution is 0.558. The molecule has 0 aliphatic heterocycles. The summed E-state index contributed by atoms with van der Waals surface area (Å²) < 4.78 is 47.0. The molecule has 0 fully saturated rings. The molecule has 0 heterocycles. The number of sulfone groups is 1. The maximum atomic E-state index is 12.5. The highest BCUT2D eigenvalue weighted by Crippen LogP contribution is 2.35. The van der Waals surface area contributed by atoms with Crippen molar-refractivity contribution in [3.8, 4) is 0 Å². The summed E-state index contributed by atoms with van der Waals surface area (Å²) >= 11 is -3.90. The zero-order chi connectivity index (χ0) is 15.9. The Morgan fingerprint density at radius 1 is 0.950 bits per heavy atom. The van der Waals surface area contributed by atoms with E-state index in [0.29, 0.717) is 0 Å². The summed E-state index contributed by atoms with van der Waals surface area (Å²) in [6.07, 6.45) is 0. The first-order chi connectivity index (χ1) is 8.78. The quantitative estimate of drug-likeness (QED) is 0.691. The zero-order valence-corrected chi connectivity index (χ0v) is 15.6. The molecule has 0 aliphatic rings. The lowest BCUT2D eigenvalue weighted by atomic mass is 9.87. The summed E-state index contributed by atoms with van der Waals surface area (Å²) in [7, 11) is -3.68. The van der Waals surface area contributed by atoms with Crippen LogP contribution in [0, 0.1) is 3.57 Å². The van der Waals surface area contributed by atoms with Crippen LogP contribution >= 0.6 is 19.8 Å². The standard InChI is InChI=1S/C14H21IO4S/c1-13(2,3)10-7-8-12(11(9-10)15(16)17)20(18,19)14(4,5)6/h7-9H,1-6H3. The molecule has 0 N–H and O–H groups in total. The number of hydrogen-bond acceptors (Lipinski definition) is 4. The van der Waals surface area contributed by atoms with Crippen LogP contribution in [-0.2, 0) is 21.4 Å². The van der Waals surface area contributed by atoms with Gasteiger partial charge in [-0.15, -0.1) is 0 Å². The fourth-order valence-electron chi connectivity index (χ4n) is 1.64. The minimum atomic E-state index is -3.90. The summed E-state index contributed by atoms with van der Waals surface area (Å²) in [5.41, 5.74) is 0.583. The van der Waals surface area contributed by atoms with Gasteiger partial charge >= 0.3 is 19.8 Å². The predicted molar refractivity (Wildman–Crippen MR) is 86.2 cm³/mol. The molecular weight excluding hydrogens is 391 g/mol. The fraction of sp³-hybridized carbons (Fsp3) is 0.571. The van der Waals surface area contributed by atoms with E-state index in [4.69, 9.17) is 0 Å². The molecule has 0 aliphatic carbocycles. The minimum absolute atomic E-state index is 0.0310. The second-order valence-corrected chi connectivity index (χ2v) is 11.8. The SMILES string of the molecule is CC(C)(C)c1ccc(S(=O)(=O)C(C)(C)C)c(I(=O)=O)c1. The summed E-state index contributed by atoms with van der Waals surface area (Å²) in [4.78, 5) is -0.0757. The molecule has 0 saturated carbocycles. The van der Waals surface area contributed by atoms with E-state index in [2.05, 4.69) is 0 Å². The highest BCUT2D eigenvalue weighted by Gasteiger charge is 2.34. The molecule has 0 radical (unpaired) electrons. The van der Waals surface area contributed by atoms with Crippen LogP contribution in [0.5, 0.6) is 0 Å². The summed E-state index contributed by atoms with van der Waals surface area (Å²) in [5, 5.41) is 0. The monoisotopic (exact) mass is 412 g/mol. The van der Waals surface area contributed by atoms with E-state index in [1.54, 1.807) is 26.8 Å². The molecule has 0 spiro atoms. The third-order valence-electron chi connectivity index (χ3n) is 3.06. The number of rotatable bonds is 2. The normalized spacial score (nSPS) is 13.8. The largest absolute Gasteiger partial charge is 0.342 e. The molecule has 1 aromatic carbocycles. The van der Waals surface area contributed by atoms with Crippen LogP contribution in [0.1, 0.15) is 47.1 Å². The van der Waals surface area contributed by atoms with Gasteiger partial charge in [-0.2, -0.15) is 0 Å². The van der Waals surface area contributed by atoms with E-state index < -0.39 is 34.4 Å². The Morgan fingerprint density at radius 2 is 1.45 bits per heavy atom. The lowest BCUT2D eigenvalue weighted by Crippen LogP contribution is -2.29. The average molecular weight is 412 g/mol. The van der Waals surface area contributed by atoms with Gasteiger partial charge in [0.05, 0.1) is 13.2 Å². The van der Waals surface area contributed by atoms with Gasteiger partial charge in [-0.25, -0.2) is 14.6 Å². The molecule has 20 heavy (non-hydrogen) atoms. The summed E-state index contributed by atoms with van der Waals surface area (Å²) in [6.45, 7) is 10.6. The number of benzene rings is 1. The maximum absolute atomic E-state index is 12.5. The zero-order valence-electron chi connectivity index (χ0n) is 12.7. The molecule has 0 aromatic heterocycles. The molecular formula is C14H21IO4S. The smallest absolute Gasteiger partial charge is 0.230 e.